The number of hydrogen-bond donors (Lipinski definition) is 2. The number of aryl methyl sites for hydroxylation is 2. The minimum atomic E-state index is -0.732. The quantitative estimate of drug-likeness (QED) is 0.898. The van der Waals surface area contributed by atoms with Crippen molar-refractivity contribution in [2.75, 3.05) is 5.32 Å². The van der Waals surface area contributed by atoms with Crippen LogP contribution >= 0.6 is 12.4 Å². The first-order valence-corrected chi connectivity index (χ1v) is 7.61. The van der Waals surface area contributed by atoms with Gasteiger partial charge < -0.3 is 15.5 Å². The van der Waals surface area contributed by atoms with Crippen LogP contribution in [0.25, 0.3) is 11.5 Å². The van der Waals surface area contributed by atoms with Gasteiger partial charge in [-0.2, -0.15) is 0 Å². The van der Waals surface area contributed by atoms with Crippen molar-refractivity contribution >= 4 is 24.0 Å². The standard InChI is InChI=1S/C17H21N3O2.ClH/c1-11-5-6-13(9-14(11)15-19-12(2)10-22-15)20-16(21)17(18)7-3-4-8-17;/h5-6,9-10H,3-4,7-8,18H2,1-2H3,(H,20,21);1H. The van der Waals surface area contributed by atoms with Gasteiger partial charge in [-0.25, -0.2) is 4.98 Å². The maximum atomic E-state index is 12.4. The van der Waals surface area contributed by atoms with E-state index in [1.54, 1.807) is 6.26 Å². The van der Waals surface area contributed by atoms with Gasteiger partial charge in [0.15, 0.2) is 0 Å². The van der Waals surface area contributed by atoms with E-state index in [1.165, 1.54) is 0 Å². The second-order valence-electron chi connectivity index (χ2n) is 6.14. The molecule has 1 aliphatic rings. The molecule has 0 saturated heterocycles. The van der Waals surface area contributed by atoms with Crippen LogP contribution in [0.2, 0.25) is 0 Å². The molecular weight excluding hydrogens is 314 g/mol. The summed E-state index contributed by atoms with van der Waals surface area (Å²) in [7, 11) is 0. The molecule has 1 aromatic carbocycles. The Balaban J connectivity index is 0.00000192. The van der Waals surface area contributed by atoms with Gasteiger partial charge in [-0.3, -0.25) is 4.79 Å². The van der Waals surface area contributed by atoms with Gasteiger partial charge >= 0.3 is 0 Å². The molecule has 2 aromatic rings. The first-order chi connectivity index (χ1) is 10.5. The Kier molecular flexibility index (Phi) is 5.12. The molecule has 1 aliphatic carbocycles. The van der Waals surface area contributed by atoms with Crippen LogP contribution < -0.4 is 11.1 Å². The molecule has 0 unspecified atom stereocenters. The van der Waals surface area contributed by atoms with Crippen LogP contribution in [0.5, 0.6) is 0 Å². The summed E-state index contributed by atoms with van der Waals surface area (Å²) in [4.78, 5) is 16.7. The van der Waals surface area contributed by atoms with Crippen LogP contribution in [0.1, 0.15) is 36.9 Å². The van der Waals surface area contributed by atoms with Crippen LogP contribution in [-0.4, -0.2) is 16.4 Å². The Morgan fingerprint density at radius 2 is 2.00 bits per heavy atom. The smallest absolute Gasteiger partial charge is 0.244 e. The van der Waals surface area contributed by atoms with Crippen molar-refractivity contribution in [2.45, 2.75) is 45.1 Å². The van der Waals surface area contributed by atoms with E-state index in [2.05, 4.69) is 10.3 Å². The molecule has 0 radical (unpaired) electrons. The molecular formula is C17H22ClN3O2. The zero-order chi connectivity index (χ0) is 15.7. The summed E-state index contributed by atoms with van der Waals surface area (Å²) >= 11 is 0. The molecule has 1 heterocycles. The Labute approximate surface area is 142 Å². The van der Waals surface area contributed by atoms with Crippen molar-refractivity contribution in [3.05, 3.63) is 35.7 Å². The number of amides is 1. The van der Waals surface area contributed by atoms with Crippen molar-refractivity contribution in [2.24, 2.45) is 5.73 Å². The second kappa shape index (κ2) is 6.72. The van der Waals surface area contributed by atoms with Crippen molar-refractivity contribution in [1.29, 1.82) is 0 Å². The predicted molar refractivity (Wildman–Crippen MR) is 92.7 cm³/mol. The maximum Gasteiger partial charge on any atom is 0.244 e. The minimum Gasteiger partial charge on any atom is -0.444 e. The lowest BCUT2D eigenvalue weighted by molar-refractivity contribution is -0.121. The lowest BCUT2D eigenvalue weighted by Gasteiger charge is -2.22. The van der Waals surface area contributed by atoms with Gasteiger partial charge in [0.2, 0.25) is 11.8 Å². The van der Waals surface area contributed by atoms with Crippen LogP contribution in [-0.2, 0) is 4.79 Å². The highest BCUT2D eigenvalue weighted by molar-refractivity contribution is 5.98. The summed E-state index contributed by atoms with van der Waals surface area (Å²) in [6.45, 7) is 3.87. The van der Waals surface area contributed by atoms with Gasteiger partial charge in [-0.15, -0.1) is 12.4 Å². The molecule has 6 heteroatoms. The highest BCUT2D eigenvalue weighted by Gasteiger charge is 2.37. The van der Waals surface area contributed by atoms with Gasteiger partial charge in [0.25, 0.3) is 0 Å². The van der Waals surface area contributed by atoms with Crippen molar-refractivity contribution in [1.82, 2.24) is 4.98 Å². The summed E-state index contributed by atoms with van der Waals surface area (Å²) in [6, 6.07) is 5.71. The number of carbonyl (C=O) groups excluding carboxylic acids is 1. The van der Waals surface area contributed by atoms with E-state index >= 15 is 0 Å². The van der Waals surface area contributed by atoms with Gasteiger partial charge in [-0.1, -0.05) is 18.9 Å². The third-order valence-corrected chi connectivity index (χ3v) is 4.29. The molecule has 0 aliphatic heterocycles. The van der Waals surface area contributed by atoms with Gasteiger partial charge in [0.05, 0.1) is 11.2 Å². The zero-order valence-corrected chi connectivity index (χ0v) is 14.2. The summed E-state index contributed by atoms with van der Waals surface area (Å²) in [5.74, 6) is 0.456. The molecule has 5 nitrogen and oxygen atoms in total. The minimum absolute atomic E-state index is 0. The van der Waals surface area contributed by atoms with E-state index in [4.69, 9.17) is 10.2 Å². The van der Waals surface area contributed by atoms with Crippen LogP contribution in [0, 0.1) is 13.8 Å². The molecule has 124 valence electrons. The molecule has 3 rings (SSSR count). The van der Waals surface area contributed by atoms with Crippen molar-refractivity contribution < 1.29 is 9.21 Å². The molecule has 23 heavy (non-hydrogen) atoms. The van der Waals surface area contributed by atoms with E-state index in [9.17, 15) is 4.79 Å². The van der Waals surface area contributed by atoms with Gasteiger partial charge in [0.1, 0.15) is 6.26 Å². The predicted octanol–water partition coefficient (Wildman–Crippen LogP) is 3.59. The van der Waals surface area contributed by atoms with E-state index in [1.807, 2.05) is 32.0 Å². The number of halogens is 1. The average molecular weight is 336 g/mol. The number of nitrogens with two attached hydrogens (primary N) is 1. The highest BCUT2D eigenvalue weighted by atomic mass is 35.5. The van der Waals surface area contributed by atoms with E-state index in [0.29, 0.717) is 5.89 Å². The van der Waals surface area contributed by atoms with Crippen LogP contribution in [0.15, 0.2) is 28.9 Å². The number of anilines is 1. The number of benzene rings is 1. The molecule has 1 aromatic heterocycles. The Bertz CT molecular complexity index is 706. The molecule has 1 fully saturated rings. The van der Waals surface area contributed by atoms with Crippen molar-refractivity contribution in [3.63, 3.8) is 0 Å². The SMILES string of the molecule is Cc1coc(-c2cc(NC(=O)C3(N)CCCC3)ccc2C)n1.Cl. The lowest BCUT2D eigenvalue weighted by Crippen LogP contribution is -2.48. The van der Waals surface area contributed by atoms with E-state index in [-0.39, 0.29) is 18.3 Å². The number of oxazole rings is 1. The Morgan fingerprint density at radius 3 is 2.61 bits per heavy atom. The number of hydrogen-bond acceptors (Lipinski definition) is 4. The molecule has 0 bridgehead atoms. The third kappa shape index (κ3) is 3.57. The number of nitrogens with zero attached hydrogens (tertiary/aromatic N) is 1. The summed E-state index contributed by atoms with van der Waals surface area (Å²) in [5.41, 5.74) is 8.93. The van der Waals surface area contributed by atoms with Crippen LogP contribution in [0.3, 0.4) is 0 Å². The Hall–Kier alpha value is -1.85. The third-order valence-electron chi connectivity index (χ3n) is 4.29. The second-order valence-corrected chi connectivity index (χ2v) is 6.14. The summed E-state index contributed by atoms with van der Waals surface area (Å²) in [6.07, 6.45) is 5.14. The number of nitrogens with one attached hydrogen (secondary N) is 1. The summed E-state index contributed by atoms with van der Waals surface area (Å²) in [5, 5.41) is 2.94. The largest absolute Gasteiger partial charge is 0.444 e. The summed E-state index contributed by atoms with van der Waals surface area (Å²) < 4.78 is 5.46. The fraction of sp³-hybridized carbons (Fsp3) is 0.412. The Morgan fingerprint density at radius 1 is 1.30 bits per heavy atom. The number of rotatable bonds is 3. The molecule has 3 N–H and O–H groups in total. The normalized spacial score (nSPS) is 16.0. The highest BCUT2D eigenvalue weighted by Crippen LogP contribution is 2.30. The maximum absolute atomic E-state index is 12.4. The number of aromatic nitrogens is 1. The number of carbonyl (C=O) groups is 1. The van der Waals surface area contributed by atoms with Crippen LogP contribution in [0.4, 0.5) is 5.69 Å². The lowest BCUT2D eigenvalue weighted by atomic mass is 9.98. The van der Waals surface area contributed by atoms with Crippen molar-refractivity contribution in [3.8, 4) is 11.5 Å². The van der Waals surface area contributed by atoms with Gasteiger partial charge in [0, 0.05) is 11.3 Å². The molecule has 1 saturated carbocycles. The fourth-order valence-corrected chi connectivity index (χ4v) is 2.90. The van der Waals surface area contributed by atoms with E-state index in [0.717, 1.165) is 48.2 Å². The monoisotopic (exact) mass is 335 g/mol. The molecule has 0 spiro atoms. The first-order valence-electron chi connectivity index (χ1n) is 7.61. The van der Waals surface area contributed by atoms with Gasteiger partial charge in [-0.05, 0) is 44.4 Å². The van der Waals surface area contributed by atoms with E-state index < -0.39 is 5.54 Å². The fourth-order valence-electron chi connectivity index (χ4n) is 2.90. The zero-order valence-electron chi connectivity index (χ0n) is 13.4. The average Bonchev–Trinajstić information content (AvgIpc) is 3.11. The topological polar surface area (TPSA) is 81.2 Å². The molecule has 0 atom stereocenters. The molecule has 1 amide bonds. The first kappa shape index (κ1) is 17.5.